The van der Waals surface area contributed by atoms with Crippen LogP contribution in [0.2, 0.25) is 0 Å². The van der Waals surface area contributed by atoms with E-state index in [0.717, 1.165) is 15.5 Å². The van der Waals surface area contributed by atoms with Crippen LogP contribution in [0.1, 0.15) is 13.3 Å². The zero-order chi connectivity index (χ0) is 16.9. The third kappa shape index (κ3) is 3.79. The molecule has 24 heavy (non-hydrogen) atoms. The summed E-state index contributed by atoms with van der Waals surface area (Å²) in [5, 5.41) is 3.00. The van der Waals surface area contributed by atoms with Crippen molar-refractivity contribution in [3.8, 4) is 0 Å². The van der Waals surface area contributed by atoms with Gasteiger partial charge in [-0.05, 0) is 31.2 Å². The number of nitrogens with zero attached hydrogens (tertiary/aromatic N) is 1. The van der Waals surface area contributed by atoms with Crippen molar-refractivity contribution in [1.29, 1.82) is 0 Å². The van der Waals surface area contributed by atoms with Crippen LogP contribution in [-0.2, 0) is 9.59 Å². The molecule has 5 heteroatoms. The lowest BCUT2D eigenvalue weighted by molar-refractivity contribution is -0.128. The van der Waals surface area contributed by atoms with E-state index in [1.807, 2.05) is 61.5 Å². The van der Waals surface area contributed by atoms with Crippen molar-refractivity contribution in [2.75, 3.05) is 18.4 Å². The van der Waals surface area contributed by atoms with Gasteiger partial charge in [-0.25, -0.2) is 0 Å². The smallest absolute Gasteiger partial charge is 0.229 e. The van der Waals surface area contributed by atoms with Gasteiger partial charge in [0, 0.05) is 29.3 Å². The molecule has 1 heterocycles. The maximum Gasteiger partial charge on any atom is 0.229 e. The van der Waals surface area contributed by atoms with Gasteiger partial charge in [-0.1, -0.05) is 42.1 Å². The van der Waals surface area contributed by atoms with Crippen molar-refractivity contribution in [3.63, 3.8) is 0 Å². The second-order valence-electron chi connectivity index (χ2n) is 5.73. The normalized spacial score (nSPS) is 17.1. The average molecular weight is 340 g/mol. The molecule has 1 fully saturated rings. The maximum atomic E-state index is 12.5. The minimum atomic E-state index is -0.271. The minimum absolute atomic E-state index is 0.0598. The number of hydrogen-bond donors (Lipinski definition) is 1. The lowest BCUT2D eigenvalue weighted by atomic mass is 10.1. The molecule has 0 bridgehead atoms. The lowest BCUT2D eigenvalue weighted by Gasteiger charge is -2.15. The molecule has 3 rings (SSSR count). The number of carbonyl (C=O) groups excluding carboxylic acids is 2. The van der Waals surface area contributed by atoms with E-state index >= 15 is 0 Å². The van der Waals surface area contributed by atoms with Gasteiger partial charge in [0.1, 0.15) is 0 Å². The predicted octanol–water partition coefficient (Wildman–Crippen LogP) is 3.64. The van der Waals surface area contributed by atoms with Gasteiger partial charge in [0.2, 0.25) is 11.8 Å². The topological polar surface area (TPSA) is 49.4 Å². The Morgan fingerprint density at radius 3 is 2.58 bits per heavy atom. The minimum Gasteiger partial charge on any atom is -0.342 e. The SMILES string of the molecule is CCN1CC(C(=O)Nc2ccccc2Sc2ccccc2)CC1=O. The van der Waals surface area contributed by atoms with E-state index in [1.165, 1.54) is 0 Å². The molecule has 0 spiro atoms. The first-order valence-corrected chi connectivity index (χ1v) is 8.89. The van der Waals surface area contributed by atoms with Crippen molar-refractivity contribution in [1.82, 2.24) is 4.90 Å². The number of likely N-dealkylation sites (tertiary alicyclic amines) is 1. The molecular formula is C19H20N2O2S. The Hall–Kier alpha value is -2.27. The number of rotatable bonds is 5. The summed E-state index contributed by atoms with van der Waals surface area (Å²) in [6.45, 7) is 3.10. The second kappa shape index (κ2) is 7.53. The van der Waals surface area contributed by atoms with Gasteiger partial charge >= 0.3 is 0 Å². The second-order valence-corrected chi connectivity index (χ2v) is 6.85. The summed E-state index contributed by atoms with van der Waals surface area (Å²) in [6.07, 6.45) is 0.299. The highest BCUT2D eigenvalue weighted by atomic mass is 32.2. The number of nitrogens with one attached hydrogen (secondary N) is 1. The zero-order valence-corrected chi connectivity index (χ0v) is 14.4. The molecule has 1 aliphatic heterocycles. The molecule has 124 valence electrons. The number of para-hydroxylation sites is 1. The highest BCUT2D eigenvalue weighted by Crippen LogP contribution is 2.33. The van der Waals surface area contributed by atoms with Gasteiger partial charge in [0.25, 0.3) is 0 Å². The van der Waals surface area contributed by atoms with Gasteiger partial charge < -0.3 is 10.2 Å². The Bertz CT molecular complexity index is 733. The van der Waals surface area contributed by atoms with Crippen LogP contribution in [-0.4, -0.2) is 29.8 Å². The molecule has 1 atom stereocenters. The predicted molar refractivity (Wildman–Crippen MR) is 96.0 cm³/mol. The van der Waals surface area contributed by atoms with Crippen molar-refractivity contribution in [2.24, 2.45) is 5.92 Å². The number of benzene rings is 2. The van der Waals surface area contributed by atoms with Crippen LogP contribution < -0.4 is 5.32 Å². The van der Waals surface area contributed by atoms with Gasteiger partial charge in [-0.3, -0.25) is 9.59 Å². The molecule has 2 aromatic carbocycles. The quantitative estimate of drug-likeness (QED) is 0.904. The molecule has 1 unspecified atom stereocenters. The Labute approximate surface area is 146 Å². The van der Waals surface area contributed by atoms with Crippen LogP contribution >= 0.6 is 11.8 Å². The van der Waals surface area contributed by atoms with Crippen LogP contribution in [0.4, 0.5) is 5.69 Å². The Morgan fingerprint density at radius 1 is 1.17 bits per heavy atom. The van der Waals surface area contributed by atoms with Crippen molar-refractivity contribution in [3.05, 3.63) is 54.6 Å². The zero-order valence-electron chi connectivity index (χ0n) is 13.6. The summed E-state index contributed by atoms with van der Waals surface area (Å²) in [5.74, 6) is -0.294. The van der Waals surface area contributed by atoms with Crippen LogP contribution in [0.5, 0.6) is 0 Å². The van der Waals surface area contributed by atoms with Gasteiger partial charge in [-0.15, -0.1) is 0 Å². The largest absolute Gasteiger partial charge is 0.342 e. The molecule has 0 aromatic heterocycles. The molecule has 0 saturated carbocycles. The van der Waals surface area contributed by atoms with Crippen molar-refractivity contribution in [2.45, 2.75) is 23.1 Å². The average Bonchev–Trinajstić information content (AvgIpc) is 2.98. The number of carbonyl (C=O) groups is 2. The Kier molecular flexibility index (Phi) is 5.20. The van der Waals surface area contributed by atoms with Crippen LogP contribution in [0.15, 0.2) is 64.4 Å². The van der Waals surface area contributed by atoms with Gasteiger partial charge in [-0.2, -0.15) is 0 Å². The molecule has 4 nitrogen and oxygen atoms in total. The molecule has 1 aliphatic rings. The Balaban J connectivity index is 1.71. The summed E-state index contributed by atoms with van der Waals surface area (Å²) in [5.41, 5.74) is 0.791. The molecule has 0 radical (unpaired) electrons. The van der Waals surface area contributed by atoms with Crippen LogP contribution in [0.3, 0.4) is 0 Å². The molecular weight excluding hydrogens is 320 g/mol. The van der Waals surface area contributed by atoms with E-state index in [1.54, 1.807) is 16.7 Å². The van der Waals surface area contributed by atoms with E-state index < -0.39 is 0 Å². The molecule has 1 N–H and O–H groups in total. The number of anilines is 1. The number of amides is 2. The van der Waals surface area contributed by atoms with Gasteiger partial charge in [0.15, 0.2) is 0 Å². The first kappa shape index (κ1) is 16.6. The first-order valence-electron chi connectivity index (χ1n) is 8.08. The summed E-state index contributed by atoms with van der Waals surface area (Å²) in [7, 11) is 0. The summed E-state index contributed by atoms with van der Waals surface area (Å²) >= 11 is 1.61. The molecule has 2 aromatic rings. The number of hydrogen-bond acceptors (Lipinski definition) is 3. The van der Waals surface area contributed by atoms with E-state index in [9.17, 15) is 9.59 Å². The third-order valence-electron chi connectivity index (χ3n) is 4.08. The van der Waals surface area contributed by atoms with E-state index in [-0.39, 0.29) is 17.7 Å². The fourth-order valence-electron chi connectivity index (χ4n) is 2.76. The van der Waals surface area contributed by atoms with Gasteiger partial charge in [0.05, 0.1) is 11.6 Å². The van der Waals surface area contributed by atoms with E-state index in [0.29, 0.717) is 19.5 Å². The first-order chi connectivity index (χ1) is 11.7. The molecule has 2 amide bonds. The third-order valence-corrected chi connectivity index (χ3v) is 5.17. The fraction of sp³-hybridized carbons (Fsp3) is 0.263. The highest BCUT2D eigenvalue weighted by Gasteiger charge is 2.33. The standard InChI is InChI=1S/C19H20N2O2S/c1-2-21-13-14(12-18(21)22)19(23)20-16-10-6-7-11-17(16)24-15-8-4-3-5-9-15/h3-11,14H,2,12-13H2,1H3,(H,20,23). The van der Waals surface area contributed by atoms with Crippen LogP contribution in [0, 0.1) is 5.92 Å². The molecule has 0 aliphatic carbocycles. The monoisotopic (exact) mass is 340 g/mol. The summed E-state index contributed by atoms with van der Waals surface area (Å²) in [6, 6.07) is 17.8. The van der Waals surface area contributed by atoms with Crippen molar-refractivity contribution >= 4 is 29.3 Å². The fourth-order valence-corrected chi connectivity index (χ4v) is 3.69. The highest BCUT2D eigenvalue weighted by molar-refractivity contribution is 7.99. The lowest BCUT2D eigenvalue weighted by Crippen LogP contribution is -2.28. The summed E-state index contributed by atoms with van der Waals surface area (Å²) in [4.78, 5) is 28.2. The van der Waals surface area contributed by atoms with Crippen LogP contribution in [0.25, 0.3) is 0 Å². The molecule has 1 saturated heterocycles. The van der Waals surface area contributed by atoms with Crippen molar-refractivity contribution < 1.29 is 9.59 Å². The van der Waals surface area contributed by atoms with E-state index in [2.05, 4.69) is 5.32 Å². The summed E-state index contributed by atoms with van der Waals surface area (Å²) < 4.78 is 0. The van der Waals surface area contributed by atoms with E-state index in [4.69, 9.17) is 0 Å². The Morgan fingerprint density at radius 2 is 1.88 bits per heavy atom. The maximum absolute atomic E-state index is 12.5.